The van der Waals surface area contributed by atoms with Gasteiger partial charge in [0.15, 0.2) is 5.60 Å². The quantitative estimate of drug-likeness (QED) is 0.802. The fourth-order valence-electron chi connectivity index (χ4n) is 3.41. The molecule has 2 N–H and O–H groups in total. The van der Waals surface area contributed by atoms with E-state index in [0.29, 0.717) is 26.1 Å². The summed E-state index contributed by atoms with van der Waals surface area (Å²) in [5.74, 6) is -0.504. The zero-order chi connectivity index (χ0) is 18.4. The van der Waals surface area contributed by atoms with Gasteiger partial charge in [0.05, 0.1) is 0 Å². The number of carbonyl (C=O) groups is 1. The lowest BCUT2D eigenvalue weighted by molar-refractivity contribution is -0.156. The molecule has 0 spiro atoms. The third-order valence-corrected chi connectivity index (χ3v) is 4.85. The first-order valence-electron chi connectivity index (χ1n) is 9.08. The summed E-state index contributed by atoms with van der Waals surface area (Å²) in [7, 11) is 0. The van der Waals surface area contributed by atoms with Crippen LogP contribution in [-0.4, -0.2) is 41.1 Å². The number of piperidine rings is 1. The molecule has 2 aromatic rings. The molecule has 1 fully saturated rings. The summed E-state index contributed by atoms with van der Waals surface area (Å²) >= 11 is 0. The number of benzene rings is 2. The zero-order valence-corrected chi connectivity index (χ0v) is 14.8. The molecule has 5 heteroatoms. The Labute approximate surface area is 153 Å². The Kier molecular flexibility index (Phi) is 6.01. The highest BCUT2D eigenvalue weighted by atomic mass is 19.1. The van der Waals surface area contributed by atoms with Crippen LogP contribution in [0.25, 0.3) is 0 Å². The molecule has 1 aliphatic heterocycles. The first-order chi connectivity index (χ1) is 12.6. The Hall–Kier alpha value is -2.24. The molecule has 1 unspecified atom stereocenters. The van der Waals surface area contributed by atoms with E-state index in [1.54, 1.807) is 11.0 Å². The van der Waals surface area contributed by atoms with Gasteiger partial charge < -0.3 is 15.3 Å². The van der Waals surface area contributed by atoms with Crippen LogP contribution in [0.3, 0.4) is 0 Å². The minimum absolute atomic E-state index is 0.171. The van der Waals surface area contributed by atoms with Gasteiger partial charge in [0.2, 0.25) is 0 Å². The van der Waals surface area contributed by atoms with Gasteiger partial charge >= 0.3 is 0 Å². The van der Waals surface area contributed by atoms with E-state index in [-0.39, 0.29) is 18.3 Å². The van der Waals surface area contributed by atoms with E-state index >= 15 is 0 Å². The van der Waals surface area contributed by atoms with Crippen molar-refractivity contribution in [2.24, 2.45) is 0 Å². The first-order valence-corrected chi connectivity index (χ1v) is 9.08. The van der Waals surface area contributed by atoms with E-state index in [2.05, 4.69) is 5.32 Å². The molecule has 0 saturated carbocycles. The number of rotatable bonds is 7. The zero-order valence-electron chi connectivity index (χ0n) is 14.8. The molecule has 138 valence electrons. The predicted octanol–water partition coefficient (Wildman–Crippen LogP) is 2.51. The van der Waals surface area contributed by atoms with Crippen LogP contribution in [0.2, 0.25) is 0 Å². The van der Waals surface area contributed by atoms with Gasteiger partial charge in [0, 0.05) is 26.2 Å². The average Bonchev–Trinajstić information content (AvgIpc) is 2.64. The number of carbonyl (C=O) groups excluding carboxylic acids is 1. The summed E-state index contributed by atoms with van der Waals surface area (Å²) < 4.78 is 13.2. The standard InChI is InChI=1S/C21H25FN2O2/c22-19-9-4-8-18(14-19)15-23-16-21(26)11-5-12-24(20(21)25)13-10-17-6-2-1-3-7-17/h1-4,6-9,14,23,26H,5,10-13,15-16H2. The number of likely N-dealkylation sites (tertiary alicyclic amines) is 1. The highest BCUT2D eigenvalue weighted by molar-refractivity contribution is 5.86. The highest BCUT2D eigenvalue weighted by Crippen LogP contribution is 2.22. The van der Waals surface area contributed by atoms with E-state index in [4.69, 9.17) is 0 Å². The van der Waals surface area contributed by atoms with Gasteiger partial charge in [0.1, 0.15) is 5.82 Å². The maximum atomic E-state index is 13.2. The molecule has 0 aromatic heterocycles. The fraction of sp³-hybridized carbons (Fsp3) is 0.381. The minimum atomic E-state index is -1.39. The number of hydrogen-bond acceptors (Lipinski definition) is 3. The van der Waals surface area contributed by atoms with Gasteiger partial charge in [-0.2, -0.15) is 0 Å². The van der Waals surface area contributed by atoms with Crippen LogP contribution in [0.15, 0.2) is 54.6 Å². The number of aliphatic hydroxyl groups is 1. The van der Waals surface area contributed by atoms with E-state index in [9.17, 15) is 14.3 Å². The topological polar surface area (TPSA) is 52.6 Å². The third-order valence-electron chi connectivity index (χ3n) is 4.85. The Bertz CT molecular complexity index is 738. The molecular weight excluding hydrogens is 331 g/mol. The molecule has 4 nitrogen and oxygen atoms in total. The van der Waals surface area contributed by atoms with Gasteiger partial charge in [0.25, 0.3) is 5.91 Å². The van der Waals surface area contributed by atoms with E-state index < -0.39 is 5.60 Å². The lowest BCUT2D eigenvalue weighted by Gasteiger charge is -2.38. The monoisotopic (exact) mass is 356 g/mol. The predicted molar refractivity (Wildman–Crippen MR) is 99.0 cm³/mol. The Morgan fingerprint density at radius 1 is 1.12 bits per heavy atom. The van der Waals surface area contributed by atoms with E-state index in [1.165, 1.54) is 17.7 Å². The van der Waals surface area contributed by atoms with E-state index in [1.807, 2.05) is 36.4 Å². The Balaban J connectivity index is 1.53. The SMILES string of the molecule is O=C1N(CCc2ccccc2)CCCC1(O)CNCc1cccc(F)c1. The average molecular weight is 356 g/mol. The van der Waals surface area contributed by atoms with Crippen molar-refractivity contribution in [3.05, 3.63) is 71.5 Å². The highest BCUT2D eigenvalue weighted by Gasteiger charge is 2.41. The number of nitrogens with zero attached hydrogens (tertiary/aromatic N) is 1. The molecule has 0 bridgehead atoms. The van der Waals surface area contributed by atoms with Crippen molar-refractivity contribution >= 4 is 5.91 Å². The van der Waals surface area contributed by atoms with Crippen molar-refractivity contribution < 1.29 is 14.3 Å². The summed E-state index contributed by atoms with van der Waals surface area (Å²) in [6, 6.07) is 16.3. The summed E-state index contributed by atoms with van der Waals surface area (Å²) in [6.07, 6.45) is 2.00. The van der Waals surface area contributed by atoms with Gasteiger partial charge in [-0.3, -0.25) is 4.79 Å². The molecule has 0 radical (unpaired) electrons. The number of nitrogens with one attached hydrogen (secondary N) is 1. The lowest BCUT2D eigenvalue weighted by atomic mass is 9.91. The van der Waals surface area contributed by atoms with Crippen LogP contribution >= 0.6 is 0 Å². The maximum Gasteiger partial charge on any atom is 0.255 e. The van der Waals surface area contributed by atoms with Gasteiger partial charge in [-0.05, 0) is 42.5 Å². The van der Waals surface area contributed by atoms with Crippen LogP contribution in [0, 0.1) is 5.82 Å². The number of halogens is 1. The van der Waals surface area contributed by atoms with Gasteiger partial charge in [-0.1, -0.05) is 42.5 Å². The first kappa shape index (κ1) is 18.5. The van der Waals surface area contributed by atoms with Crippen molar-refractivity contribution in [3.63, 3.8) is 0 Å². The van der Waals surface area contributed by atoms with Crippen molar-refractivity contribution in [1.29, 1.82) is 0 Å². The summed E-state index contributed by atoms with van der Waals surface area (Å²) in [4.78, 5) is 14.5. The van der Waals surface area contributed by atoms with Gasteiger partial charge in [-0.25, -0.2) is 4.39 Å². The van der Waals surface area contributed by atoms with Crippen LogP contribution < -0.4 is 5.32 Å². The van der Waals surface area contributed by atoms with Crippen LogP contribution in [0.1, 0.15) is 24.0 Å². The number of amides is 1. The van der Waals surface area contributed by atoms with Crippen LogP contribution in [0.5, 0.6) is 0 Å². The molecule has 0 aliphatic carbocycles. The Morgan fingerprint density at radius 2 is 1.88 bits per heavy atom. The second-order valence-corrected chi connectivity index (χ2v) is 6.90. The van der Waals surface area contributed by atoms with Crippen LogP contribution in [-0.2, 0) is 17.8 Å². The maximum absolute atomic E-state index is 13.2. The van der Waals surface area contributed by atoms with E-state index in [0.717, 1.165) is 18.4 Å². The van der Waals surface area contributed by atoms with Crippen molar-refractivity contribution in [2.75, 3.05) is 19.6 Å². The molecule has 1 amide bonds. The second-order valence-electron chi connectivity index (χ2n) is 6.90. The molecule has 2 aromatic carbocycles. The third kappa shape index (κ3) is 4.68. The van der Waals surface area contributed by atoms with Crippen molar-refractivity contribution in [1.82, 2.24) is 10.2 Å². The molecule has 3 rings (SSSR count). The largest absolute Gasteiger partial charge is 0.379 e. The smallest absolute Gasteiger partial charge is 0.255 e. The normalized spacial score (nSPS) is 20.4. The Morgan fingerprint density at radius 3 is 2.65 bits per heavy atom. The van der Waals surface area contributed by atoms with Crippen molar-refractivity contribution in [2.45, 2.75) is 31.4 Å². The summed E-state index contributed by atoms with van der Waals surface area (Å²) in [6.45, 7) is 1.87. The fourth-order valence-corrected chi connectivity index (χ4v) is 3.41. The molecule has 26 heavy (non-hydrogen) atoms. The molecular formula is C21H25FN2O2. The summed E-state index contributed by atoms with van der Waals surface area (Å²) in [5.41, 5.74) is 0.582. The molecule has 1 saturated heterocycles. The molecule has 1 atom stereocenters. The molecule has 1 aliphatic rings. The number of hydrogen-bond donors (Lipinski definition) is 2. The van der Waals surface area contributed by atoms with Crippen molar-refractivity contribution in [3.8, 4) is 0 Å². The van der Waals surface area contributed by atoms with Gasteiger partial charge in [-0.15, -0.1) is 0 Å². The minimum Gasteiger partial charge on any atom is -0.379 e. The lowest BCUT2D eigenvalue weighted by Crippen LogP contribution is -2.58. The van der Waals surface area contributed by atoms with Crippen LogP contribution in [0.4, 0.5) is 4.39 Å². The second kappa shape index (κ2) is 8.43. The molecule has 1 heterocycles. The summed E-state index contributed by atoms with van der Waals surface area (Å²) in [5, 5.41) is 13.9.